The van der Waals surface area contributed by atoms with Gasteiger partial charge < -0.3 is 4.90 Å². The zero-order chi connectivity index (χ0) is 27.4. The lowest BCUT2D eigenvalue weighted by atomic mass is 10.0. The summed E-state index contributed by atoms with van der Waals surface area (Å²) in [7, 11) is 0. The van der Waals surface area contributed by atoms with Gasteiger partial charge in [-0.1, -0.05) is 168 Å². The van der Waals surface area contributed by atoms with Crippen LogP contribution in [0.2, 0.25) is 0 Å². The summed E-state index contributed by atoms with van der Waals surface area (Å²) in [5, 5.41) is 0.566. The van der Waals surface area contributed by atoms with Crippen molar-refractivity contribution in [1.82, 2.24) is 4.90 Å². The molecule has 2 nitrogen and oxygen atoms in total. The molecule has 1 aliphatic rings. The highest BCUT2D eigenvalue weighted by atomic mass is 32.1. The average Bonchev–Trinajstić information content (AvgIpc) is 3.38. The van der Waals surface area contributed by atoms with Crippen molar-refractivity contribution in [2.45, 2.75) is 199 Å². The SMILES string of the molecule is CCCCCCCCCCCCCCCC(S)CCN1CCN=C1CCCCCCCCCCCCCC. The number of unbranched alkanes of at least 4 members (excludes halogenated alkanes) is 23. The Morgan fingerprint density at radius 3 is 1.39 bits per heavy atom. The van der Waals surface area contributed by atoms with Gasteiger partial charge in [-0.2, -0.15) is 12.6 Å². The van der Waals surface area contributed by atoms with E-state index in [2.05, 4.69) is 18.7 Å². The first-order chi connectivity index (χ1) is 18.8. The molecular weight excluding hydrogens is 480 g/mol. The molecule has 0 bridgehead atoms. The van der Waals surface area contributed by atoms with Crippen molar-refractivity contribution in [3.63, 3.8) is 0 Å². The third kappa shape index (κ3) is 22.6. The second-order valence-electron chi connectivity index (χ2n) is 12.4. The van der Waals surface area contributed by atoms with Gasteiger partial charge in [-0.05, 0) is 19.3 Å². The molecule has 1 heterocycles. The standard InChI is InChI=1S/C35H70N2S/c1-3-5-7-9-11-13-15-17-18-20-22-24-26-28-34(38)30-32-37-33-31-36-35(37)29-27-25-23-21-19-16-14-12-10-8-6-4-2/h34,38H,3-33H2,1-2H3. The Labute approximate surface area is 246 Å². The van der Waals surface area contributed by atoms with E-state index in [0.717, 1.165) is 13.1 Å². The molecule has 38 heavy (non-hydrogen) atoms. The number of thiol groups is 1. The van der Waals surface area contributed by atoms with Crippen LogP contribution in [-0.2, 0) is 0 Å². The van der Waals surface area contributed by atoms with Crippen LogP contribution in [0.25, 0.3) is 0 Å². The molecule has 0 saturated heterocycles. The smallest absolute Gasteiger partial charge is 0.0990 e. The van der Waals surface area contributed by atoms with E-state index in [-0.39, 0.29) is 0 Å². The van der Waals surface area contributed by atoms with Gasteiger partial charge in [0.1, 0.15) is 0 Å². The number of hydrogen-bond acceptors (Lipinski definition) is 3. The maximum atomic E-state index is 4.93. The molecule has 0 aromatic rings. The van der Waals surface area contributed by atoms with Gasteiger partial charge in [0.15, 0.2) is 0 Å². The van der Waals surface area contributed by atoms with E-state index in [9.17, 15) is 0 Å². The lowest BCUT2D eigenvalue weighted by Gasteiger charge is -2.22. The van der Waals surface area contributed by atoms with Crippen molar-refractivity contribution in [2.75, 3.05) is 19.6 Å². The first-order valence-corrected chi connectivity index (χ1v) is 18.3. The molecule has 1 aliphatic heterocycles. The molecular formula is C35H70N2S. The van der Waals surface area contributed by atoms with E-state index < -0.39 is 0 Å². The monoisotopic (exact) mass is 551 g/mol. The largest absolute Gasteiger partial charge is 0.358 e. The second-order valence-corrected chi connectivity index (χ2v) is 13.1. The number of hydrogen-bond donors (Lipinski definition) is 1. The number of rotatable bonds is 30. The fourth-order valence-corrected chi connectivity index (χ4v) is 6.28. The predicted molar refractivity (Wildman–Crippen MR) is 177 cm³/mol. The van der Waals surface area contributed by atoms with Gasteiger partial charge in [-0.15, -0.1) is 0 Å². The molecule has 3 heteroatoms. The molecule has 1 rings (SSSR count). The van der Waals surface area contributed by atoms with Crippen molar-refractivity contribution in [2.24, 2.45) is 4.99 Å². The molecule has 0 saturated carbocycles. The van der Waals surface area contributed by atoms with Crippen molar-refractivity contribution in [3.05, 3.63) is 0 Å². The Bertz CT molecular complexity index is 506. The van der Waals surface area contributed by atoms with Gasteiger partial charge >= 0.3 is 0 Å². The van der Waals surface area contributed by atoms with Crippen LogP contribution in [0.1, 0.15) is 194 Å². The Morgan fingerprint density at radius 2 is 0.947 bits per heavy atom. The minimum atomic E-state index is 0.566. The third-order valence-electron chi connectivity index (χ3n) is 8.66. The van der Waals surface area contributed by atoms with Crippen molar-refractivity contribution < 1.29 is 0 Å². The molecule has 1 atom stereocenters. The number of nitrogens with zero attached hydrogens (tertiary/aromatic N) is 2. The maximum Gasteiger partial charge on any atom is 0.0990 e. The highest BCUT2D eigenvalue weighted by Crippen LogP contribution is 2.18. The zero-order valence-electron chi connectivity index (χ0n) is 26.3. The summed E-state index contributed by atoms with van der Waals surface area (Å²) in [5.74, 6) is 1.40. The van der Waals surface area contributed by atoms with Crippen molar-refractivity contribution in [1.29, 1.82) is 0 Å². The second kappa shape index (κ2) is 28.4. The van der Waals surface area contributed by atoms with Crippen LogP contribution in [0.3, 0.4) is 0 Å². The van der Waals surface area contributed by atoms with Crippen LogP contribution in [-0.4, -0.2) is 35.6 Å². The van der Waals surface area contributed by atoms with Gasteiger partial charge in [0.2, 0.25) is 0 Å². The summed E-state index contributed by atoms with van der Waals surface area (Å²) in [6.07, 6.45) is 39.5. The summed E-state index contributed by atoms with van der Waals surface area (Å²) in [4.78, 5) is 7.42. The van der Waals surface area contributed by atoms with Gasteiger partial charge in [0.25, 0.3) is 0 Å². The van der Waals surface area contributed by atoms with Crippen LogP contribution in [0.4, 0.5) is 0 Å². The first-order valence-electron chi connectivity index (χ1n) is 17.7. The molecule has 226 valence electrons. The Kier molecular flexibility index (Phi) is 26.7. The molecule has 0 aromatic carbocycles. The number of aliphatic imine (C=N–C) groups is 1. The lowest BCUT2D eigenvalue weighted by Crippen LogP contribution is -2.30. The molecule has 0 aliphatic carbocycles. The summed E-state index contributed by atoms with van der Waals surface area (Å²) >= 11 is 4.93. The average molecular weight is 551 g/mol. The highest BCUT2D eigenvalue weighted by Gasteiger charge is 2.17. The van der Waals surface area contributed by atoms with E-state index >= 15 is 0 Å². The van der Waals surface area contributed by atoms with Crippen LogP contribution < -0.4 is 0 Å². The molecule has 1 unspecified atom stereocenters. The van der Waals surface area contributed by atoms with Gasteiger partial charge in [-0.3, -0.25) is 4.99 Å². The van der Waals surface area contributed by atoms with Crippen molar-refractivity contribution >= 4 is 18.5 Å². The maximum absolute atomic E-state index is 4.93. The summed E-state index contributed by atoms with van der Waals surface area (Å²) in [6, 6.07) is 0. The predicted octanol–water partition coefficient (Wildman–Crippen LogP) is 12.0. The summed E-state index contributed by atoms with van der Waals surface area (Å²) in [5.41, 5.74) is 0. The van der Waals surface area contributed by atoms with Crippen LogP contribution in [0, 0.1) is 0 Å². The third-order valence-corrected chi connectivity index (χ3v) is 9.17. The normalized spacial score (nSPS) is 14.4. The van der Waals surface area contributed by atoms with Gasteiger partial charge in [0, 0.05) is 24.8 Å². The van der Waals surface area contributed by atoms with E-state index in [0.29, 0.717) is 5.25 Å². The minimum absolute atomic E-state index is 0.566. The van der Waals surface area contributed by atoms with E-state index in [4.69, 9.17) is 17.6 Å². The molecule has 0 amide bonds. The van der Waals surface area contributed by atoms with Gasteiger partial charge in [0.05, 0.1) is 12.4 Å². The molecule has 0 radical (unpaired) electrons. The number of amidine groups is 1. The summed E-state index contributed by atoms with van der Waals surface area (Å²) in [6.45, 7) is 7.94. The highest BCUT2D eigenvalue weighted by molar-refractivity contribution is 7.80. The van der Waals surface area contributed by atoms with Crippen LogP contribution in [0.15, 0.2) is 4.99 Å². The lowest BCUT2D eigenvalue weighted by molar-refractivity contribution is 0.425. The van der Waals surface area contributed by atoms with E-state index in [1.807, 2.05) is 0 Å². The van der Waals surface area contributed by atoms with Crippen LogP contribution >= 0.6 is 12.6 Å². The Balaban J connectivity index is 1.88. The fourth-order valence-electron chi connectivity index (χ4n) is 5.98. The van der Waals surface area contributed by atoms with Crippen LogP contribution in [0.5, 0.6) is 0 Å². The van der Waals surface area contributed by atoms with Gasteiger partial charge in [-0.25, -0.2) is 0 Å². The Hall–Kier alpha value is -0.180. The topological polar surface area (TPSA) is 15.6 Å². The first kappa shape index (κ1) is 35.8. The van der Waals surface area contributed by atoms with E-state index in [1.54, 1.807) is 0 Å². The summed E-state index contributed by atoms with van der Waals surface area (Å²) < 4.78 is 0. The Morgan fingerprint density at radius 1 is 0.553 bits per heavy atom. The molecule has 0 spiro atoms. The van der Waals surface area contributed by atoms with E-state index in [1.165, 1.54) is 192 Å². The molecule has 0 aromatic heterocycles. The molecule has 0 N–H and O–H groups in total. The van der Waals surface area contributed by atoms with Crippen molar-refractivity contribution in [3.8, 4) is 0 Å². The zero-order valence-corrected chi connectivity index (χ0v) is 27.2. The fraction of sp³-hybridized carbons (Fsp3) is 0.971. The quantitative estimate of drug-likeness (QED) is 0.0694. The minimum Gasteiger partial charge on any atom is -0.358 e. The molecule has 0 fully saturated rings.